The number of hydrogen-bond acceptors (Lipinski definition) is 5. The average molecular weight is 446 g/mol. The molecule has 3 fully saturated rings. The maximum Gasteiger partial charge on any atom is 0.179 e. The molecule has 0 atom stereocenters. The van der Waals surface area contributed by atoms with E-state index < -0.39 is 0 Å². The van der Waals surface area contributed by atoms with Crippen molar-refractivity contribution < 1.29 is 9.59 Å². The minimum atomic E-state index is -0.275. The van der Waals surface area contributed by atoms with E-state index >= 15 is 0 Å². The fourth-order valence-electron chi connectivity index (χ4n) is 5.69. The first-order valence-electron chi connectivity index (χ1n) is 13.1. The Morgan fingerprint density at radius 2 is 1.47 bits per heavy atom. The summed E-state index contributed by atoms with van der Waals surface area (Å²) in [6.07, 6.45) is 6.58. The van der Waals surface area contributed by atoms with E-state index in [1.807, 2.05) is 13.8 Å². The minimum absolute atomic E-state index is 0.141. The van der Waals surface area contributed by atoms with Crippen molar-refractivity contribution >= 4 is 11.6 Å². The van der Waals surface area contributed by atoms with Crippen molar-refractivity contribution in [3.05, 3.63) is 11.1 Å². The van der Waals surface area contributed by atoms with Crippen molar-refractivity contribution in [2.75, 3.05) is 39.3 Å². The molecular formula is C27H47N3O2. The highest BCUT2D eigenvalue weighted by Crippen LogP contribution is 2.42. The van der Waals surface area contributed by atoms with Gasteiger partial charge in [0.2, 0.25) is 0 Å². The van der Waals surface area contributed by atoms with Crippen LogP contribution in [-0.2, 0) is 9.59 Å². The van der Waals surface area contributed by atoms with Gasteiger partial charge in [-0.1, -0.05) is 19.4 Å². The van der Waals surface area contributed by atoms with Crippen LogP contribution in [-0.4, -0.2) is 72.2 Å². The second-order valence-corrected chi connectivity index (χ2v) is 11.5. The van der Waals surface area contributed by atoms with E-state index in [0.29, 0.717) is 30.1 Å². The molecule has 2 heterocycles. The Labute approximate surface area is 196 Å². The van der Waals surface area contributed by atoms with E-state index in [2.05, 4.69) is 42.8 Å². The van der Waals surface area contributed by atoms with Crippen LogP contribution in [0.2, 0.25) is 0 Å². The summed E-state index contributed by atoms with van der Waals surface area (Å²) in [5.74, 6) is 2.05. The Bertz CT molecular complexity index is 688. The molecule has 1 N–H and O–H groups in total. The zero-order valence-corrected chi connectivity index (χ0v) is 21.5. The van der Waals surface area contributed by atoms with Gasteiger partial charge >= 0.3 is 0 Å². The number of allylic oxidation sites excluding steroid dienone is 1. The standard InChI is InChI=1S/C27H47N3O2/c1-19(2)24(31)18-30-13-7-22(8-14-30)17-29-15-9-23(10-16-29)25(20(3)4)26(32)27(11-12-27)28-21(5)6/h19,21-23,28H,7-18H2,1-6H3. The van der Waals surface area contributed by atoms with Gasteiger partial charge in [-0.3, -0.25) is 14.5 Å². The third kappa shape index (κ3) is 6.51. The van der Waals surface area contributed by atoms with Gasteiger partial charge in [0.1, 0.15) is 5.78 Å². The van der Waals surface area contributed by atoms with E-state index in [-0.39, 0.29) is 11.5 Å². The molecule has 0 aromatic rings. The van der Waals surface area contributed by atoms with Crippen molar-refractivity contribution in [2.45, 2.75) is 91.6 Å². The Morgan fingerprint density at radius 1 is 0.906 bits per heavy atom. The zero-order chi connectivity index (χ0) is 23.5. The quantitative estimate of drug-likeness (QED) is 0.514. The lowest BCUT2D eigenvalue weighted by Gasteiger charge is -2.38. The van der Waals surface area contributed by atoms with Crippen molar-refractivity contribution in [1.82, 2.24) is 15.1 Å². The maximum absolute atomic E-state index is 13.5. The third-order valence-corrected chi connectivity index (χ3v) is 7.78. The number of nitrogens with one attached hydrogen (secondary N) is 1. The van der Waals surface area contributed by atoms with Crippen LogP contribution in [0.25, 0.3) is 0 Å². The molecule has 32 heavy (non-hydrogen) atoms. The third-order valence-electron chi connectivity index (χ3n) is 7.78. The first-order valence-corrected chi connectivity index (χ1v) is 13.1. The Morgan fingerprint density at radius 3 is 1.94 bits per heavy atom. The second-order valence-electron chi connectivity index (χ2n) is 11.5. The largest absolute Gasteiger partial charge is 0.303 e. The predicted molar refractivity (Wildman–Crippen MR) is 132 cm³/mol. The molecule has 2 aliphatic heterocycles. The molecule has 0 aromatic carbocycles. The van der Waals surface area contributed by atoms with E-state index in [1.165, 1.54) is 25.0 Å². The topological polar surface area (TPSA) is 52.7 Å². The first-order chi connectivity index (χ1) is 15.1. The monoisotopic (exact) mass is 445 g/mol. The smallest absolute Gasteiger partial charge is 0.179 e. The van der Waals surface area contributed by atoms with Gasteiger partial charge in [-0.2, -0.15) is 0 Å². The molecule has 3 rings (SSSR count). The molecule has 5 heteroatoms. The predicted octanol–water partition coefficient (Wildman–Crippen LogP) is 4.07. The van der Waals surface area contributed by atoms with Crippen LogP contribution in [0.1, 0.15) is 80.1 Å². The van der Waals surface area contributed by atoms with Crippen LogP contribution >= 0.6 is 0 Å². The zero-order valence-electron chi connectivity index (χ0n) is 21.5. The van der Waals surface area contributed by atoms with Crippen LogP contribution in [0, 0.1) is 17.8 Å². The average Bonchev–Trinajstić information content (AvgIpc) is 3.50. The van der Waals surface area contributed by atoms with Crippen molar-refractivity contribution in [2.24, 2.45) is 17.8 Å². The molecule has 182 valence electrons. The van der Waals surface area contributed by atoms with Crippen molar-refractivity contribution in [3.63, 3.8) is 0 Å². The summed E-state index contributed by atoms with van der Waals surface area (Å²) in [7, 11) is 0. The van der Waals surface area contributed by atoms with Gasteiger partial charge in [-0.15, -0.1) is 0 Å². The fraction of sp³-hybridized carbons (Fsp3) is 0.852. The molecule has 2 saturated heterocycles. The maximum atomic E-state index is 13.5. The second kappa shape index (κ2) is 10.9. The van der Waals surface area contributed by atoms with E-state index in [4.69, 9.17) is 0 Å². The molecule has 1 saturated carbocycles. The van der Waals surface area contributed by atoms with Crippen molar-refractivity contribution in [3.8, 4) is 0 Å². The normalized spacial score (nSPS) is 23.0. The summed E-state index contributed by atoms with van der Waals surface area (Å²) < 4.78 is 0. The lowest BCUT2D eigenvalue weighted by Crippen LogP contribution is -2.46. The number of piperidine rings is 2. The number of carbonyl (C=O) groups excluding carboxylic acids is 2. The Hall–Kier alpha value is -1.04. The van der Waals surface area contributed by atoms with Crippen LogP contribution in [0.3, 0.4) is 0 Å². The summed E-state index contributed by atoms with van der Waals surface area (Å²) in [4.78, 5) is 30.5. The molecule has 5 nitrogen and oxygen atoms in total. The van der Waals surface area contributed by atoms with E-state index in [0.717, 1.165) is 63.4 Å². The summed E-state index contributed by atoms with van der Waals surface area (Å²) in [5.41, 5.74) is 2.06. The number of nitrogens with zero attached hydrogens (tertiary/aromatic N) is 2. The van der Waals surface area contributed by atoms with Gasteiger partial charge in [0.15, 0.2) is 5.78 Å². The number of carbonyl (C=O) groups is 2. The van der Waals surface area contributed by atoms with Crippen molar-refractivity contribution in [1.29, 1.82) is 0 Å². The summed E-state index contributed by atoms with van der Waals surface area (Å²) >= 11 is 0. The summed E-state index contributed by atoms with van der Waals surface area (Å²) in [6.45, 7) is 18.7. The number of ketones is 2. The SMILES string of the molecule is CC(C)=C(C(=O)C1(NC(C)C)CC1)C1CCN(CC2CCN(CC(=O)C(C)C)CC2)CC1. The molecule has 0 unspecified atom stereocenters. The molecule has 0 bridgehead atoms. The Kier molecular flexibility index (Phi) is 8.73. The highest BCUT2D eigenvalue weighted by atomic mass is 16.1. The van der Waals surface area contributed by atoms with Gasteiger partial charge < -0.3 is 10.2 Å². The highest BCUT2D eigenvalue weighted by molar-refractivity contribution is 6.05. The lowest BCUT2D eigenvalue weighted by molar-refractivity contribution is -0.123. The van der Waals surface area contributed by atoms with Gasteiger partial charge in [0.25, 0.3) is 0 Å². The van der Waals surface area contributed by atoms with Crippen LogP contribution in [0.15, 0.2) is 11.1 Å². The summed E-state index contributed by atoms with van der Waals surface area (Å²) in [6, 6.07) is 0.344. The molecule has 3 aliphatic rings. The summed E-state index contributed by atoms with van der Waals surface area (Å²) in [5, 5.41) is 3.57. The number of rotatable bonds is 10. The molecule has 0 radical (unpaired) electrons. The minimum Gasteiger partial charge on any atom is -0.303 e. The lowest BCUT2D eigenvalue weighted by atomic mass is 9.81. The first kappa shape index (κ1) is 25.6. The van der Waals surface area contributed by atoms with Crippen LogP contribution in [0.5, 0.6) is 0 Å². The molecule has 0 spiro atoms. The number of likely N-dealkylation sites (tertiary alicyclic amines) is 2. The molecule has 1 aliphatic carbocycles. The molecular weight excluding hydrogens is 398 g/mol. The highest BCUT2D eigenvalue weighted by Gasteiger charge is 2.51. The van der Waals surface area contributed by atoms with Crippen LogP contribution in [0.4, 0.5) is 0 Å². The molecule has 0 aromatic heterocycles. The van der Waals surface area contributed by atoms with Crippen LogP contribution < -0.4 is 5.32 Å². The number of hydrogen-bond donors (Lipinski definition) is 1. The van der Waals surface area contributed by atoms with Gasteiger partial charge in [0, 0.05) is 18.5 Å². The number of Topliss-reactive ketones (excluding diaryl/α,β-unsaturated/α-hetero) is 2. The van der Waals surface area contributed by atoms with E-state index in [1.54, 1.807) is 0 Å². The van der Waals surface area contributed by atoms with E-state index in [9.17, 15) is 9.59 Å². The van der Waals surface area contributed by atoms with Gasteiger partial charge in [-0.25, -0.2) is 0 Å². The Balaban J connectivity index is 1.46. The molecule has 0 amide bonds. The van der Waals surface area contributed by atoms with Gasteiger partial charge in [-0.05, 0) is 110 Å². The van der Waals surface area contributed by atoms with Gasteiger partial charge in [0.05, 0.1) is 12.1 Å². The fourth-order valence-corrected chi connectivity index (χ4v) is 5.69.